The number of fused-ring (bicyclic) bond motifs is 4. The first-order valence-corrected chi connectivity index (χ1v) is 14.4. The van der Waals surface area contributed by atoms with Gasteiger partial charge in [-0.2, -0.15) is 0 Å². The Balaban J connectivity index is 1.49. The van der Waals surface area contributed by atoms with Crippen molar-refractivity contribution >= 4 is 57.0 Å². The average molecular weight is 551 g/mol. The number of benzene rings is 6. The minimum atomic E-state index is 0.895. The van der Waals surface area contributed by atoms with E-state index in [4.69, 9.17) is 4.42 Å². The van der Waals surface area contributed by atoms with Gasteiger partial charge in [0.1, 0.15) is 11.2 Å². The van der Waals surface area contributed by atoms with Crippen molar-refractivity contribution in [3.63, 3.8) is 0 Å². The first-order chi connectivity index (χ1) is 21.2. The Morgan fingerprint density at radius 1 is 0.419 bits per heavy atom. The maximum atomic E-state index is 6.09. The second kappa shape index (κ2) is 10.6. The van der Waals surface area contributed by atoms with Crippen LogP contribution in [0.25, 0.3) is 90.4 Å². The molecule has 1 heteroatoms. The Kier molecular flexibility index (Phi) is 6.49. The first-order valence-electron chi connectivity index (χ1n) is 14.4. The van der Waals surface area contributed by atoms with E-state index < -0.39 is 0 Å². The molecule has 0 aliphatic heterocycles. The maximum Gasteiger partial charge on any atom is 0.135 e. The van der Waals surface area contributed by atoms with E-state index in [0.29, 0.717) is 0 Å². The summed E-state index contributed by atoms with van der Waals surface area (Å²) in [6, 6.07) is 38.3. The third-order valence-electron chi connectivity index (χ3n) is 8.40. The zero-order valence-electron chi connectivity index (χ0n) is 23.9. The van der Waals surface area contributed by atoms with Gasteiger partial charge in [0.25, 0.3) is 0 Å². The lowest BCUT2D eigenvalue weighted by Gasteiger charge is -2.22. The zero-order valence-corrected chi connectivity index (χ0v) is 23.9. The van der Waals surface area contributed by atoms with Crippen LogP contribution < -0.4 is 0 Å². The lowest BCUT2D eigenvalue weighted by Crippen LogP contribution is -1.98. The Labute approximate surface area is 252 Å². The van der Waals surface area contributed by atoms with Gasteiger partial charge in [0.05, 0.1) is 0 Å². The summed E-state index contributed by atoms with van der Waals surface area (Å²) < 4.78 is 6.09. The summed E-state index contributed by atoms with van der Waals surface area (Å²) in [6.07, 6.45) is 7.72. The molecule has 204 valence electrons. The fourth-order valence-electron chi connectivity index (χ4n) is 6.47. The van der Waals surface area contributed by atoms with Crippen molar-refractivity contribution in [3.05, 3.63) is 158 Å². The van der Waals surface area contributed by atoms with E-state index in [-0.39, 0.29) is 0 Å². The first kappa shape index (κ1) is 26.3. The van der Waals surface area contributed by atoms with Gasteiger partial charge in [-0.3, -0.25) is 0 Å². The van der Waals surface area contributed by atoms with Gasteiger partial charge in [0, 0.05) is 10.8 Å². The topological polar surface area (TPSA) is 13.1 Å². The molecule has 0 atom stereocenters. The quantitative estimate of drug-likeness (QED) is 0.192. The highest BCUT2D eigenvalue weighted by Crippen LogP contribution is 2.45. The van der Waals surface area contributed by atoms with E-state index in [1.807, 2.05) is 36.4 Å². The van der Waals surface area contributed by atoms with Crippen LogP contribution in [0.2, 0.25) is 0 Å². The molecule has 0 unspecified atom stereocenters. The second-order valence-corrected chi connectivity index (χ2v) is 10.6. The van der Waals surface area contributed by atoms with Gasteiger partial charge in [-0.1, -0.05) is 136 Å². The molecule has 1 aromatic heterocycles. The Hall–Kier alpha value is -5.66. The molecule has 0 N–H and O–H groups in total. The van der Waals surface area contributed by atoms with Crippen molar-refractivity contribution < 1.29 is 4.42 Å². The predicted molar refractivity (Wildman–Crippen MR) is 188 cm³/mol. The third kappa shape index (κ3) is 4.17. The van der Waals surface area contributed by atoms with E-state index >= 15 is 0 Å². The highest BCUT2D eigenvalue weighted by atomic mass is 16.3. The third-order valence-corrected chi connectivity index (χ3v) is 8.40. The Morgan fingerprint density at radius 2 is 1.02 bits per heavy atom. The minimum absolute atomic E-state index is 0.895. The van der Waals surface area contributed by atoms with E-state index in [1.54, 1.807) is 0 Å². The summed E-state index contributed by atoms with van der Waals surface area (Å²) >= 11 is 0. The van der Waals surface area contributed by atoms with Crippen LogP contribution in [0.15, 0.2) is 140 Å². The lowest BCUT2D eigenvalue weighted by atomic mass is 9.81. The van der Waals surface area contributed by atoms with Crippen LogP contribution in [0.1, 0.15) is 22.3 Å². The summed E-state index contributed by atoms with van der Waals surface area (Å²) in [5.41, 5.74) is 12.8. The molecule has 0 amide bonds. The number of hydrogen-bond donors (Lipinski definition) is 0. The number of furan rings is 1. The highest BCUT2D eigenvalue weighted by molar-refractivity contribution is 6.13. The van der Waals surface area contributed by atoms with Crippen molar-refractivity contribution in [3.8, 4) is 33.4 Å². The van der Waals surface area contributed by atoms with Gasteiger partial charge in [-0.25, -0.2) is 0 Å². The van der Waals surface area contributed by atoms with E-state index in [2.05, 4.69) is 123 Å². The van der Waals surface area contributed by atoms with Gasteiger partial charge in [0.15, 0.2) is 0 Å². The van der Waals surface area contributed by atoms with Crippen LogP contribution in [0.4, 0.5) is 0 Å². The zero-order chi connectivity index (χ0) is 29.5. The van der Waals surface area contributed by atoms with E-state index in [0.717, 1.165) is 88.3 Å². The highest BCUT2D eigenvalue weighted by Gasteiger charge is 2.21. The maximum absolute atomic E-state index is 6.09. The molecule has 0 radical (unpaired) electrons. The van der Waals surface area contributed by atoms with Crippen molar-refractivity contribution in [2.24, 2.45) is 0 Å². The van der Waals surface area contributed by atoms with Crippen molar-refractivity contribution in [2.75, 3.05) is 0 Å². The molecular weight excluding hydrogens is 520 g/mol. The number of rotatable bonds is 7. The second-order valence-electron chi connectivity index (χ2n) is 10.6. The molecule has 0 bridgehead atoms. The minimum Gasteiger partial charge on any atom is -0.456 e. The molecule has 0 aliphatic carbocycles. The van der Waals surface area contributed by atoms with E-state index in [9.17, 15) is 0 Å². The van der Waals surface area contributed by atoms with Gasteiger partial charge < -0.3 is 4.42 Å². The van der Waals surface area contributed by atoms with Crippen LogP contribution in [0.5, 0.6) is 0 Å². The summed E-state index contributed by atoms with van der Waals surface area (Å²) in [4.78, 5) is 0. The predicted octanol–water partition coefficient (Wildman–Crippen LogP) is 12.3. The Morgan fingerprint density at radius 3 is 1.77 bits per heavy atom. The fourth-order valence-corrected chi connectivity index (χ4v) is 6.47. The SMILES string of the molecule is C=Cc1cccc(-c2c(C=C)c(C=C)c(-c3cccc(-c4ccc5oc6ccccc6c5c4)c3)c3ccccc23)c1C=C. The molecule has 7 aromatic rings. The summed E-state index contributed by atoms with van der Waals surface area (Å²) in [5, 5.41) is 4.55. The molecule has 6 aromatic carbocycles. The number of para-hydroxylation sites is 1. The fraction of sp³-hybridized carbons (Fsp3) is 0. The van der Waals surface area contributed by atoms with Crippen LogP contribution in [-0.2, 0) is 0 Å². The van der Waals surface area contributed by atoms with Crippen LogP contribution in [0.3, 0.4) is 0 Å². The van der Waals surface area contributed by atoms with Crippen LogP contribution in [0, 0.1) is 0 Å². The molecule has 0 saturated carbocycles. The monoisotopic (exact) mass is 550 g/mol. The van der Waals surface area contributed by atoms with Crippen molar-refractivity contribution in [1.29, 1.82) is 0 Å². The number of hydrogen-bond acceptors (Lipinski definition) is 1. The van der Waals surface area contributed by atoms with Crippen LogP contribution >= 0.6 is 0 Å². The molecule has 0 fully saturated rings. The van der Waals surface area contributed by atoms with Crippen molar-refractivity contribution in [1.82, 2.24) is 0 Å². The van der Waals surface area contributed by atoms with Gasteiger partial charge in [-0.05, 0) is 90.7 Å². The van der Waals surface area contributed by atoms with Gasteiger partial charge in [-0.15, -0.1) is 0 Å². The molecule has 1 heterocycles. The van der Waals surface area contributed by atoms with E-state index in [1.165, 1.54) is 0 Å². The largest absolute Gasteiger partial charge is 0.456 e. The van der Waals surface area contributed by atoms with Gasteiger partial charge in [0.2, 0.25) is 0 Å². The van der Waals surface area contributed by atoms with Crippen molar-refractivity contribution in [2.45, 2.75) is 0 Å². The summed E-state index contributed by atoms with van der Waals surface area (Å²) in [5.74, 6) is 0. The molecule has 0 saturated heterocycles. The van der Waals surface area contributed by atoms with Gasteiger partial charge >= 0.3 is 0 Å². The normalized spacial score (nSPS) is 11.2. The molecule has 43 heavy (non-hydrogen) atoms. The average Bonchev–Trinajstić information content (AvgIpc) is 3.44. The molecule has 7 rings (SSSR count). The smallest absolute Gasteiger partial charge is 0.135 e. The molecular formula is C42H30O. The van der Waals surface area contributed by atoms with Crippen LogP contribution in [-0.4, -0.2) is 0 Å². The molecule has 1 nitrogen and oxygen atoms in total. The lowest BCUT2D eigenvalue weighted by molar-refractivity contribution is 0.669. The molecule has 0 spiro atoms. The standard InChI is InChI=1S/C42H30O/c1-5-27-15-14-21-35(31(27)6-2)42-33(8-4)32(7-3)41(36-19-9-10-20-37(36)42)30-17-13-16-28(25-30)29-23-24-40-38(26-29)34-18-11-12-22-39(34)43-40/h5-26H,1-4H2. The summed E-state index contributed by atoms with van der Waals surface area (Å²) in [6.45, 7) is 16.7. The summed E-state index contributed by atoms with van der Waals surface area (Å²) in [7, 11) is 0. The Bertz CT molecular complexity index is 2260. The molecule has 0 aliphatic rings.